The van der Waals surface area contributed by atoms with E-state index in [1.807, 2.05) is 39.0 Å². The first kappa shape index (κ1) is 17.8. The second-order valence-electron chi connectivity index (χ2n) is 6.31. The summed E-state index contributed by atoms with van der Waals surface area (Å²) in [5, 5.41) is 8.51. The number of hydrogen-bond acceptors (Lipinski definition) is 4. The zero-order chi connectivity index (χ0) is 18.7. The van der Waals surface area contributed by atoms with Crippen LogP contribution < -0.4 is 10.5 Å². The number of anilines is 1. The molecular formula is C20H22N4O2. The van der Waals surface area contributed by atoms with E-state index in [0.717, 1.165) is 16.8 Å². The summed E-state index contributed by atoms with van der Waals surface area (Å²) in [5.74, 6) is -0.0405. The molecule has 0 bridgehead atoms. The molecule has 0 saturated heterocycles. The molecule has 1 aromatic heterocycles. The molecule has 0 fully saturated rings. The van der Waals surface area contributed by atoms with Gasteiger partial charge in [0.15, 0.2) is 0 Å². The highest BCUT2D eigenvalue weighted by molar-refractivity contribution is 5.94. The van der Waals surface area contributed by atoms with Gasteiger partial charge in [-0.15, -0.1) is 5.10 Å². The Kier molecular flexibility index (Phi) is 5.11. The Labute approximate surface area is 152 Å². The molecule has 0 radical (unpaired) electrons. The molecule has 26 heavy (non-hydrogen) atoms. The summed E-state index contributed by atoms with van der Waals surface area (Å²) in [6.45, 7) is 6.74. The number of aryl methyl sites for hydroxylation is 3. The molecule has 3 aromatic rings. The molecular weight excluding hydrogens is 328 g/mol. The number of rotatable bonds is 5. The van der Waals surface area contributed by atoms with Crippen LogP contribution in [0.2, 0.25) is 0 Å². The van der Waals surface area contributed by atoms with Crippen molar-refractivity contribution in [2.75, 3.05) is 11.4 Å². The predicted octanol–water partition coefficient (Wildman–Crippen LogP) is 2.85. The fourth-order valence-corrected chi connectivity index (χ4v) is 3.10. The van der Waals surface area contributed by atoms with Gasteiger partial charge in [-0.3, -0.25) is 9.59 Å². The van der Waals surface area contributed by atoms with Crippen LogP contribution in [0.5, 0.6) is 0 Å². The van der Waals surface area contributed by atoms with Gasteiger partial charge < -0.3 is 4.90 Å². The molecule has 6 heteroatoms. The molecule has 1 amide bonds. The molecule has 0 atom stereocenters. The Hall–Kier alpha value is -3.02. The van der Waals surface area contributed by atoms with Crippen molar-refractivity contribution in [2.24, 2.45) is 0 Å². The van der Waals surface area contributed by atoms with Crippen LogP contribution in [0, 0.1) is 13.8 Å². The van der Waals surface area contributed by atoms with Crippen LogP contribution in [-0.2, 0) is 11.3 Å². The van der Waals surface area contributed by atoms with E-state index in [-0.39, 0.29) is 24.4 Å². The molecule has 3 rings (SSSR count). The van der Waals surface area contributed by atoms with Crippen molar-refractivity contribution in [3.05, 3.63) is 63.9 Å². The molecule has 0 aliphatic heterocycles. The first-order valence-electron chi connectivity index (χ1n) is 8.71. The van der Waals surface area contributed by atoms with E-state index in [0.29, 0.717) is 17.4 Å². The van der Waals surface area contributed by atoms with Crippen LogP contribution in [0.1, 0.15) is 24.5 Å². The molecule has 0 spiro atoms. The second-order valence-corrected chi connectivity index (χ2v) is 6.31. The SMILES string of the molecule is CCN(C(=O)CCn1nnc2ccccc2c1=O)c1ccc(C)cc1C. The van der Waals surface area contributed by atoms with Gasteiger partial charge in [-0.05, 0) is 44.5 Å². The molecule has 0 unspecified atom stereocenters. The largest absolute Gasteiger partial charge is 0.312 e. The quantitative estimate of drug-likeness (QED) is 0.709. The number of benzene rings is 2. The first-order chi connectivity index (χ1) is 12.5. The maximum atomic E-state index is 12.7. The summed E-state index contributed by atoms with van der Waals surface area (Å²) in [6.07, 6.45) is 0.189. The topological polar surface area (TPSA) is 68.1 Å². The van der Waals surface area contributed by atoms with Crippen LogP contribution in [-0.4, -0.2) is 27.4 Å². The van der Waals surface area contributed by atoms with Crippen LogP contribution >= 0.6 is 0 Å². The van der Waals surface area contributed by atoms with E-state index in [1.165, 1.54) is 4.68 Å². The molecule has 0 aliphatic carbocycles. The van der Waals surface area contributed by atoms with E-state index in [2.05, 4.69) is 16.4 Å². The predicted molar refractivity (Wildman–Crippen MR) is 102 cm³/mol. The number of carbonyl (C=O) groups is 1. The Morgan fingerprint density at radius 1 is 1.15 bits per heavy atom. The van der Waals surface area contributed by atoms with Gasteiger partial charge >= 0.3 is 0 Å². The van der Waals surface area contributed by atoms with Crippen molar-refractivity contribution in [3.8, 4) is 0 Å². The van der Waals surface area contributed by atoms with Crippen LogP contribution in [0.15, 0.2) is 47.3 Å². The highest BCUT2D eigenvalue weighted by Crippen LogP contribution is 2.21. The maximum absolute atomic E-state index is 12.7. The Bertz CT molecular complexity index is 1010. The van der Waals surface area contributed by atoms with E-state index >= 15 is 0 Å². The van der Waals surface area contributed by atoms with Gasteiger partial charge in [0.05, 0.1) is 11.9 Å². The van der Waals surface area contributed by atoms with Gasteiger partial charge in [0, 0.05) is 18.7 Å². The lowest BCUT2D eigenvalue weighted by molar-refractivity contribution is -0.118. The van der Waals surface area contributed by atoms with Gasteiger partial charge in [0.2, 0.25) is 5.91 Å². The van der Waals surface area contributed by atoms with Crippen molar-refractivity contribution >= 4 is 22.5 Å². The van der Waals surface area contributed by atoms with Crippen molar-refractivity contribution in [1.82, 2.24) is 15.0 Å². The fourth-order valence-electron chi connectivity index (χ4n) is 3.10. The third-order valence-electron chi connectivity index (χ3n) is 4.43. The summed E-state index contributed by atoms with van der Waals surface area (Å²) < 4.78 is 1.26. The summed E-state index contributed by atoms with van der Waals surface area (Å²) in [7, 11) is 0. The standard InChI is InChI=1S/C20H22N4O2/c1-4-23(18-10-9-14(2)13-15(18)3)19(25)11-12-24-20(26)16-7-5-6-8-17(16)21-22-24/h5-10,13H,4,11-12H2,1-3H3. The second kappa shape index (κ2) is 7.47. The van der Waals surface area contributed by atoms with Gasteiger partial charge in [0.1, 0.15) is 5.52 Å². The lowest BCUT2D eigenvalue weighted by atomic mass is 10.1. The summed E-state index contributed by atoms with van der Waals surface area (Å²) in [5.41, 5.74) is 3.46. The average molecular weight is 350 g/mol. The maximum Gasteiger partial charge on any atom is 0.277 e. The monoisotopic (exact) mass is 350 g/mol. The lowest BCUT2D eigenvalue weighted by Crippen LogP contribution is -2.33. The van der Waals surface area contributed by atoms with Gasteiger partial charge in [-0.1, -0.05) is 35.0 Å². The molecule has 134 valence electrons. The molecule has 1 heterocycles. The van der Waals surface area contributed by atoms with Crippen molar-refractivity contribution in [2.45, 2.75) is 33.7 Å². The minimum Gasteiger partial charge on any atom is -0.312 e. The van der Waals surface area contributed by atoms with E-state index in [4.69, 9.17) is 0 Å². The molecule has 0 aliphatic rings. The van der Waals surface area contributed by atoms with Gasteiger partial charge in [0.25, 0.3) is 5.56 Å². The third kappa shape index (κ3) is 3.49. The zero-order valence-electron chi connectivity index (χ0n) is 15.3. The van der Waals surface area contributed by atoms with Crippen molar-refractivity contribution in [3.63, 3.8) is 0 Å². The smallest absolute Gasteiger partial charge is 0.277 e. The molecule has 0 saturated carbocycles. The lowest BCUT2D eigenvalue weighted by Gasteiger charge is -2.23. The minimum atomic E-state index is -0.224. The average Bonchev–Trinajstić information content (AvgIpc) is 2.63. The summed E-state index contributed by atoms with van der Waals surface area (Å²) in [6, 6.07) is 13.1. The molecule has 0 N–H and O–H groups in total. The number of hydrogen-bond donors (Lipinski definition) is 0. The van der Waals surface area contributed by atoms with Crippen molar-refractivity contribution < 1.29 is 4.79 Å². The minimum absolute atomic E-state index is 0.0405. The zero-order valence-corrected chi connectivity index (χ0v) is 15.3. The van der Waals surface area contributed by atoms with Crippen LogP contribution in [0.3, 0.4) is 0 Å². The van der Waals surface area contributed by atoms with Crippen molar-refractivity contribution in [1.29, 1.82) is 0 Å². The third-order valence-corrected chi connectivity index (χ3v) is 4.43. The Balaban J connectivity index is 1.79. The normalized spacial score (nSPS) is 10.9. The number of fused-ring (bicyclic) bond motifs is 1. The number of nitrogens with zero attached hydrogens (tertiary/aromatic N) is 4. The molecule has 2 aromatic carbocycles. The molecule has 6 nitrogen and oxygen atoms in total. The Morgan fingerprint density at radius 3 is 2.65 bits per heavy atom. The van der Waals surface area contributed by atoms with Crippen LogP contribution in [0.25, 0.3) is 10.9 Å². The van der Waals surface area contributed by atoms with E-state index in [9.17, 15) is 9.59 Å². The highest BCUT2D eigenvalue weighted by Gasteiger charge is 2.16. The Morgan fingerprint density at radius 2 is 1.92 bits per heavy atom. The van der Waals surface area contributed by atoms with Gasteiger partial charge in [-0.2, -0.15) is 0 Å². The first-order valence-corrected chi connectivity index (χ1v) is 8.71. The number of carbonyl (C=O) groups excluding carboxylic acids is 1. The van der Waals surface area contributed by atoms with E-state index in [1.54, 1.807) is 23.1 Å². The number of aromatic nitrogens is 3. The number of amides is 1. The fraction of sp³-hybridized carbons (Fsp3) is 0.300. The van der Waals surface area contributed by atoms with Crippen LogP contribution in [0.4, 0.5) is 5.69 Å². The highest BCUT2D eigenvalue weighted by atomic mass is 16.2. The summed E-state index contributed by atoms with van der Waals surface area (Å²) >= 11 is 0. The van der Waals surface area contributed by atoms with Gasteiger partial charge in [-0.25, -0.2) is 4.68 Å². The van der Waals surface area contributed by atoms with E-state index < -0.39 is 0 Å². The summed E-state index contributed by atoms with van der Waals surface area (Å²) in [4.78, 5) is 26.9.